The second kappa shape index (κ2) is 6.40. The van der Waals surface area contributed by atoms with Gasteiger partial charge in [0.15, 0.2) is 0 Å². The SMILES string of the molecule is CN(C)CCCNCc1cc(Cl)cs1. The van der Waals surface area contributed by atoms with Gasteiger partial charge in [0.25, 0.3) is 0 Å². The smallest absolute Gasteiger partial charge is 0.0516 e. The zero-order valence-electron chi connectivity index (χ0n) is 8.72. The zero-order valence-corrected chi connectivity index (χ0v) is 10.3. The summed E-state index contributed by atoms with van der Waals surface area (Å²) in [5, 5.41) is 6.21. The van der Waals surface area contributed by atoms with Crippen LogP contribution in [-0.4, -0.2) is 32.1 Å². The Morgan fingerprint density at radius 1 is 1.50 bits per heavy atom. The van der Waals surface area contributed by atoms with E-state index in [1.165, 1.54) is 11.3 Å². The van der Waals surface area contributed by atoms with Gasteiger partial charge in [-0.15, -0.1) is 11.3 Å². The highest BCUT2D eigenvalue weighted by atomic mass is 35.5. The van der Waals surface area contributed by atoms with Crippen LogP contribution < -0.4 is 5.32 Å². The summed E-state index contributed by atoms with van der Waals surface area (Å²) in [7, 11) is 4.19. The average Bonchev–Trinajstić information content (AvgIpc) is 2.50. The van der Waals surface area contributed by atoms with E-state index in [-0.39, 0.29) is 0 Å². The lowest BCUT2D eigenvalue weighted by atomic mass is 10.4. The molecule has 0 saturated carbocycles. The van der Waals surface area contributed by atoms with Crippen LogP contribution in [0.2, 0.25) is 5.02 Å². The van der Waals surface area contributed by atoms with E-state index in [0.29, 0.717) is 0 Å². The van der Waals surface area contributed by atoms with E-state index in [2.05, 4.69) is 24.3 Å². The zero-order chi connectivity index (χ0) is 10.4. The van der Waals surface area contributed by atoms with Crippen LogP contribution in [0.15, 0.2) is 11.4 Å². The molecule has 0 unspecified atom stereocenters. The molecule has 2 nitrogen and oxygen atoms in total. The molecular formula is C10H17ClN2S. The molecule has 0 radical (unpaired) electrons. The first-order valence-electron chi connectivity index (χ1n) is 4.77. The first-order valence-corrected chi connectivity index (χ1v) is 6.02. The Kier molecular flexibility index (Phi) is 5.48. The van der Waals surface area contributed by atoms with Crippen molar-refractivity contribution in [3.8, 4) is 0 Å². The second-order valence-electron chi connectivity index (χ2n) is 3.56. The standard InChI is InChI=1S/C10H17ClN2S/c1-13(2)5-3-4-12-7-10-6-9(11)8-14-10/h6,8,12H,3-5,7H2,1-2H3. The second-order valence-corrected chi connectivity index (χ2v) is 5.00. The van der Waals surface area contributed by atoms with Crippen molar-refractivity contribution in [2.75, 3.05) is 27.2 Å². The van der Waals surface area contributed by atoms with E-state index in [1.807, 2.05) is 11.4 Å². The number of thiophene rings is 1. The Morgan fingerprint density at radius 2 is 2.29 bits per heavy atom. The predicted octanol–water partition coefficient (Wildman–Crippen LogP) is 2.44. The molecule has 1 aromatic rings. The molecule has 4 heteroatoms. The number of nitrogens with one attached hydrogen (secondary N) is 1. The molecular weight excluding hydrogens is 216 g/mol. The Hall–Kier alpha value is -0.0900. The fraction of sp³-hybridized carbons (Fsp3) is 0.600. The Bertz CT molecular complexity index is 260. The van der Waals surface area contributed by atoms with Crippen molar-refractivity contribution in [1.82, 2.24) is 10.2 Å². The first-order chi connectivity index (χ1) is 6.68. The molecule has 0 aliphatic heterocycles. The van der Waals surface area contributed by atoms with Gasteiger partial charge in [0.05, 0.1) is 5.02 Å². The van der Waals surface area contributed by atoms with E-state index < -0.39 is 0 Å². The number of hydrogen-bond acceptors (Lipinski definition) is 3. The summed E-state index contributed by atoms with van der Waals surface area (Å²) in [6.45, 7) is 3.14. The van der Waals surface area contributed by atoms with Crippen LogP contribution >= 0.6 is 22.9 Å². The summed E-state index contributed by atoms with van der Waals surface area (Å²) in [5.41, 5.74) is 0. The molecule has 1 heterocycles. The predicted molar refractivity (Wildman–Crippen MR) is 64.2 cm³/mol. The quantitative estimate of drug-likeness (QED) is 0.758. The summed E-state index contributed by atoms with van der Waals surface area (Å²) < 4.78 is 0. The molecule has 0 aliphatic carbocycles. The molecule has 0 atom stereocenters. The average molecular weight is 233 g/mol. The highest BCUT2D eigenvalue weighted by molar-refractivity contribution is 7.10. The molecule has 0 amide bonds. The number of nitrogens with zero attached hydrogens (tertiary/aromatic N) is 1. The van der Waals surface area contributed by atoms with Crippen LogP contribution in [0.3, 0.4) is 0 Å². The maximum Gasteiger partial charge on any atom is 0.0516 e. The molecule has 14 heavy (non-hydrogen) atoms. The van der Waals surface area contributed by atoms with Crippen molar-refractivity contribution in [3.05, 3.63) is 21.3 Å². The van der Waals surface area contributed by atoms with Crippen LogP contribution in [0.1, 0.15) is 11.3 Å². The monoisotopic (exact) mass is 232 g/mol. The van der Waals surface area contributed by atoms with Gasteiger partial charge < -0.3 is 10.2 Å². The van der Waals surface area contributed by atoms with Crippen molar-refractivity contribution in [1.29, 1.82) is 0 Å². The summed E-state index contributed by atoms with van der Waals surface area (Å²) in [5.74, 6) is 0. The van der Waals surface area contributed by atoms with Crippen LogP contribution in [0.25, 0.3) is 0 Å². The van der Waals surface area contributed by atoms with Crippen LogP contribution in [0.4, 0.5) is 0 Å². The van der Waals surface area contributed by atoms with Gasteiger partial charge in [0.2, 0.25) is 0 Å². The maximum atomic E-state index is 5.82. The fourth-order valence-corrected chi connectivity index (χ4v) is 2.22. The molecule has 0 aliphatic rings. The summed E-state index contributed by atoms with van der Waals surface area (Å²) >= 11 is 7.53. The Balaban J connectivity index is 2.04. The van der Waals surface area contributed by atoms with Crippen LogP contribution in [0, 0.1) is 0 Å². The van der Waals surface area contributed by atoms with Gasteiger partial charge in [-0.3, -0.25) is 0 Å². The minimum absolute atomic E-state index is 0.847. The highest BCUT2D eigenvalue weighted by Gasteiger charge is 1.96. The van der Waals surface area contributed by atoms with Crippen molar-refractivity contribution < 1.29 is 0 Å². The van der Waals surface area contributed by atoms with Crippen molar-refractivity contribution in [2.45, 2.75) is 13.0 Å². The van der Waals surface area contributed by atoms with Crippen LogP contribution in [0.5, 0.6) is 0 Å². The summed E-state index contributed by atoms with van der Waals surface area (Å²) in [4.78, 5) is 3.50. The van der Waals surface area contributed by atoms with Gasteiger partial charge in [0.1, 0.15) is 0 Å². The van der Waals surface area contributed by atoms with E-state index in [9.17, 15) is 0 Å². The molecule has 0 saturated heterocycles. The molecule has 0 bridgehead atoms. The van der Waals surface area contributed by atoms with Gasteiger partial charge in [-0.05, 0) is 39.7 Å². The normalized spacial score (nSPS) is 11.1. The molecule has 1 rings (SSSR count). The highest BCUT2D eigenvalue weighted by Crippen LogP contribution is 2.18. The third-order valence-corrected chi connectivity index (χ3v) is 3.16. The van der Waals surface area contributed by atoms with Gasteiger partial charge >= 0.3 is 0 Å². The topological polar surface area (TPSA) is 15.3 Å². The van der Waals surface area contributed by atoms with E-state index >= 15 is 0 Å². The van der Waals surface area contributed by atoms with Crippen molar-refractivity contribution >= 4 is 22.9 Å². The molecule has 80 valence electrons. The third-order valence-electron chi connectivity index (χ3n) is 1.88. The Labute approximate surface area is 94.9 Å². The molecule has 1 N–H and O–H groups in total. The fourth-order valence-electron chi connectivity index (χ4n) is 1.18. The third kappa shape index (κ3) is 4.96. The van der Waals surface area contributed by atoms with Crippen molar-refractivity contribution in [2.24, 2.45) is 0 Å². The van der Waals surface area contributed by atoms with E-state index in [1.54, 1.807) is 11.3 Å². The van der Waals surface area contributed by atoms with E-state index in [4.69, 9.17) is 11.6 Å². The van der Waals surface area contributed by atoms with Crippen molar-refractivity contribution in [3.63, 3.8) is 0 Å². The Morgan fingerprint density at radius 3 is 2.86 bits per heavy atom. The lowest BCUT2D eigenvalue weighted by Gasteiger charge is -2.09. The molecule has 0 spiro atoms. The van der Waals surface area contributed by atoms with Gasteiger partial charge in [-0.1, -0.05) is 11.6 Å². The largest absolute Gasteiger partial charge is 0.312 e. The first kappa shape index (κ1) is 12.0. The lowest BCUT2D eigenvalue weighted by Crippen LogP contribution is -2.20. The summed E-state index contributed by atoms with van der Waals surface area (Å²) in [6.07, 6.45) is 1.19. The van der Waals surface area contributed by atoms with Gasteiger partial charge in [-0.2, -0.15) is 0 Å². The van der Waals surface area contributed by atoms with Gasteiger partial charge in [-0.25, -0.2) is 0 Å². The minimum atomic E-state index is 0.847. The van der Waals surface area contributed by atoms with E-state index in [0.717, 1.165) is 24.7 Å². The maximum absolute atomic E-state index is 5.82. The van der Waals surface area contributed by atoms with Crippen LogP contribution in [-0.2, 0) is 6.54 Å². The summed E-state index contributed by atoms with van der Waals surface area (Å²) in [6, 6.07) is 2.02. The molecule has 0 aromatic carbocycles. The molecule has 0 fully saturated rings. The minimum Gasteiger partial charge on any atom is -0.312 e. The molecule has 1 aromatic heterocycles. The lowest BCUT2D eigenvalue weighted by molar-refractivity contribution is 0.394. The van der Waals surface area contributed by atoms with Gasteiger partial charge in [0, 0.05) is 16.8 Å². The number of rotatable bonds is 6. The number of halogens is 1. The number of hydrogen-bond donors (Lipinski definition) is 1.